The van der Waals surface area contributed by atoms with Crippen LogP contribution in [-0.2, 0) is 13.6 Å². The van der Waals surface area contributed by atoms with E-state index >= 15 is 0 Å². The molecular weight excluding hydrogens is 318 g/mol. The van der Waals surface area contributed by atoms with E-state index in [-0.39, 0.29) is 0 Å². The summed E-state index contributed by atoms with van der Waals surface area (Å²) in [6, 6.07) is 5.81. The second-order valence-corrected chi connectivity index (χ2v) is 5.48. The van der Waals surface area contributed by atoms with Crippen LogP contribution in [0, 0.1) is 0 Å². The van der Waals surface area contributed by atoms with Crippen molar-refractivity contribution in [2.45, 2.75) is 6.54 Å². The molecule has 0 aliphatic carbocycles. The highest BCUT2D eigenvalue weighted by Crippen LogP contribution is 2.28. The lowest BCUT2D eigenvalue weighted by atomic mass is 10.1. The molecule has 6 heteroatoms. The van der Waals surface area contributed by atoms with Gasteiger partial charge in [0.05, 0.1) is 17.7 Å². The minimum Gasteiger partial charge on any atom is -0.398 e. The van der Waals surface area contributed by atoms with Gasteiger partial charge in [-0.3, -0.25) is 4.98 Å². The van der Waals surface area contributed by atoms with E-state index in [0.717, 1.165) is 32.6 Å². The van der Waals surface area contributed by atoms with Gasteiger partial charge in [-0.1, -0.05) is 0 Å². The van der Waals surface area contributed by atoms with Gasteiger partial charge in [0.1, 0.15) is 5.82 Å². The standard InChI is InChI=1S/C14H14BrN5/c1-20-5-4-17-13(20)8-18-12-3-2-11(16)10-6-9(15)7-19-14(10)12/h2-7,18H,8,16H2,1H3. The van der Waals surface area contributed by atoms with Crippen LogP contribution in [0.2, 0.25) is 0 Å². The summed E-state index contributed by atoms with van der Waals surface area (Å²) in [5.41, 5.74) is 8.53. The van der Waals surface area contributed by atoms with Crippen LogP contribution in [-0.4, -0.2) is 14.5 Å². The van der Waals surface area contributed by atoms with Crippen LogP contribution in [0.4, 0.5) is 11.4 Å². The summed E-state index contributed by atoms with van der Waals surface area (Å²) in [5, 5.41) is 4.30. The number of benzene rings is 1. The van der Waals surface area contributed by atoms with E-state index in [4.69, 9.17) is 5.73 Å². The number of nitrogens with two attached hydrogens (primary N) is 1. The molecule has 20 heavy (non-hydrogen) atoms. The Morgan fingerprint density at radius 2 is 2.20 bits per heavy atom. The number of halogens is 1. The van der Waals surface area contributed by atoms with Crippen molar-refractivity contribution in [3.63, 3.8) is 0 Å². The molecule has 2 aromatic heterocycles. The van der Waals surface area contributed by atoms with Crippen LogP contribution in [0.15, 0.2) is 41.3 Å². The number of aryl methyl sites for hydroxylation is 1. The zero-order valence-electron chi connectivity index (χ0n) is 11.0. The molecule has 1 aromatic carbocycles. The number of hydrogen-bond donors (Lipinski definition) is 2. The highest BCUT2D eigenvalue weighted by Gasteiger charge is 2.07. The fraction of sp³-hybridized carbons (Fsp3) is 0.143. The largest absolute Gasteiger partial charge is 0.398 e. The van der Waals surface area contributed by atoms with Crippen LogP contribution >= 0.6 is 15.9 Å². The van der Waals surface area contributed by atoms with Crippen LogP contribution < -0.4 is 11.1 Å². The normalized spacial score (nSPS) is 10.9. The van der Waals surface area contributed by atoms with Gasteiger partial charge < -0.3 is 15.6 Å². The molecule has 0 aliphatic rings. The number of fused-ring (bicyclic) bond motifs is 1. The van der Waals surface area contributed by atoms with Crippen molar-refractivity contribution < 1.29 is 0 Å². The molecule has 0 radical (unpaired) electrons. The molecule has 3 N–H and O–H groups in total. The Kier molecular flexibility index (Phi) is 3.31. The Hall–Kier alpha value is -2.08. The lowest BCUT2D eigenvalue weighted by Crippen LogP contribution is -2.06. The Morgan fingerprint density at radius 1 is 1.35 bits per heavy atom. The molecule has 0 aliphatic heterocycles. The van der Waals surface area contributed by atoms with Crippen molar-refractivity contribution in [1.82, 2.24) is 14.5 Å². The van der Waals surface area contributed by atoms with Crippen molar-refractivity contribution in [2.24, 2.45) is 7.05 Å². The molecular formula is C14H14BrN5. The van der Waals surface area contributed by atoms with Gasteiger partial charge in [-0.05, 0) is 34.1 Å². The van der Waals surface area contributed by atoms with Gasteiger partial charge in [0.15, 0.2) is 0 Å². The number of nitrogen functional groups attached to an aromatic ring is 1. The van der Waals surface area contributed by atoms with Crippen LogP contribution in [0.3, 0.4) is 0 Å². The third-order valence-corrected chi connectivity index (χ3v) is 3.64. The highest BCUT2D eigenvalue weighted by molar-refractivity contribution is 9.10. The minimum absolute atomic E-state index is 0.639. The smallest absolute Gasteiger partial charge is 0.127 e. The zero-order valence-corrected chi connectivity index (χ0v) is 12.6. The topological polar surface area (TPSA) is 68.8 Å². The summed E-state index contributed by atoms with van der Waals surface area (Å²) < 4.78 is 2.90. The van der Waals surface area contributed by atoms with Gasteiger partial charge in [-0.2, -0.15) is 0 Å². The van der Waals surface area contributed by atoms with Gasteiger partial charge in [0.25, 0.3) is 0 Å². The molecule has 102 valence electrons. The van der Waals surface area contributed by atoms with Crippen molar-refractivity contribution in [3.8, 4) is 0 Å². The van der Waals surface area contributed by atoms with Crippen molar-refractivity contribution in [2.75, 3.05) is 11.1 Å². The molecule has 0 saturated carbocycles. The van der Waals surface area contributed by atoms with Crippen LogP contribution in [0.25, 0.3) is 10.9 Å². The van der Waals surface area contributed by atoms with E-state index in [0.29, 0.717) is 6.54 Å². The van der Waals surface area contributed by atoms with Crippen molar-refractivity contribution in [3.05, 3.63) is 47.1 Å². The summed E-state index contributed by atoms with van der Waals surface area (Å²) in [6.45, 7) is 0.639. The van der Waals surface area contributed by atoms with E-state index < -0.39 is 0 Å². The predicted octanol–water partition coefficient (Wildman–Crippen LogP) is 2.93. The molecule has 0 amide bonds. The SMILES string of the molecule is Cn1ccnc1CNc1ccc(N)c2cc(Br)cnc12. The fourth-order valence-corrected chi connectivity index (χ4v) is 2.43. The number of anilines is 2. The molecule has 0 spiro atoms. The number of imidazole rings is 1. The number of rotatable bonds is 3. The number of hydrogen-bond acceptors (Lipinski definition) is 4. The van der Waals surface area contributed by atoms with Gasteiger partial charge in [-0.25, -0.2) is 4.98 Å². The van der Waals surface area contributed by atoms with E-state index in [1.54, 1.807) is 12.4 Å². The molecule has 3 rings (SSSR count). The Balaban J connectivity index is 1.96. The maximum Gasteiger partial charge on any atom is 0.127 e. The first-order valence-corrected chi connectivity index (χ1v) is 6.98. The van der Waals surface area contributed by atoms with Gasteiger partial charge >= 0.3 is 0 Å². The number of aromatic nitrogens is 3. The molecule has 0 bridgehead atoms. The highest BCUT2D eigenvalue weighted by atomic mass is 79.9. The van der Waals surface area contributed by atoms with Gasteiger partial charge in [0.2, 0.25) is 0 Å². The Labute approximate surface area is 125 Å². The zero-order chi connectivity index (χ0) is 14.1. The number of nitrogens with zero attached hydrogens (tertiary/aromatic N) is 3. The second kappa shape index (κ2) is 5.13. The predicted molar refractivity (Wildman–Crippen MR) is 84.4 cm³/mol. The molecule has 0 atom stereocenters. The number of nitrogens with one attached hydrogen (secondary N) is 1. The fourth-order valence-electron chi connectivity index (χ4n) is 2.10. The van der Waals surface area contributed by atoms with E-state index in [9.17, 15) is 0 Å². The van der Waals surface area contributed by atoms with Crippen LogP contribution in [0.5, 0.6) is 0 Å². The third kappa shape index (κ3) is 2.34. The summed E-state index contributed by atoms with van der Waals surface area (Å²) in [5.74, 6) is 0.965. The molecule has 5 nitrogen and oxygen atoms in total. The maximum absolute atomic E-state index is 6.00. The second-order valence-electron chi connectivity index (χ2n) is 4.56. The average Bonchev–Trinajstić information content (AvgIpc) is 2.84. The van der Waals surface area contributed by atoms with Crippen LogP contribution in [0.1, 0.15) is 5.82 Å². The van der Waals surface area contributed by atoms with E-state index in [2.05, 4.69) is 31.2 Å². The van der Waals surface area contributed by atoms with Crippen molar-refractivity contribution in [1.29, 1.82) is 0 Å². The van der Waals surface area contributed by atoms with Gasteiger partial charge in [-0.15, -0.1) is 0 Å². The molecule has 0 saturated heterocycles. The number of pyridine rings is 1. The molecule has 2 heterocycles. The molecule has 0 fully saturated rings. The lowest BCUT2D eigenvalue weighted by molar-refractivity contribution is 0.813. The summed E-state index contributed by atoms with van der Waals surface area (Å²) in [4.78, 5) is 8.74. The summed E-state index contributed by atoms with van der Waals surface area (Å²) in [7, 11) is 1.97. The first-order valence-electron chi connectivity index (χ1n) is 6.19. The molecule has 3 aromatic rings. The van der Waals surface area contributed by atoms with E-state index in [1.807, 2.05) is 36.0 Å². The Morgan fingerprint density at radius 3 is 2.95 bits per heavy atom. The lowest BCUT2D eigenvalue weighted by Gasteiger charge is -2.11. The molecule has 0 unspecified atom stereocenters. The average molecular weight is 332 g/mol. The Bertz CT molecular complexity index is 765. The van der Waals surface area contributed by atoms with E-state index in [1.165, 1.54) is 0 Å². The monoisotopic (exact) mass is 331 g/mol. The summed E-state index contributed by atoms with van der Waals surface area (Å²) in [6.07, 6.45) is 5.48. The first-order chi connectivity index (χ1) is 9.65. The third-order valence-electron chi connectivity index (χ3n) is 3.21. The van der Waals surface area contributed by atoms with Crippen molar-refractivity contribution >= 4 is 38.2 Å². The quantitative estimate of drug-likeness (QED) is 0.724. The maximum atomic E-state index is 6.00. The van der Waals surface area contributed by atoms with Gasteiger partial charge in [0, 0.05) is 41.2 Å². The summed E-state index contributed by atoms with van der Waals surface area (Å²) >= 11 is 3.42. The minimum atomic E-state index is 0.639. The first kappa shape index (κ1) is 12.9.